The van der Waals surface area contributed by atoms with E-state index in [2.05, 4.69) is 12.2 Å². The predicted octanol–water partition coefficient (Wildman–Crippen LogP) is 1.55. The third-order valence-corrected chi connectivity index (χ3v) is 3.91. The first-order valence-electron chi connectivity index (χ1n) is 7.15. The molecule has 0 bridgehead atoms. The highest BCUT2D eigenvalue weighted by atomic mass is 16.2. The summed E-state index contributed by atoms with van der Waals surface area (Å²) >= 11 is 0. The number of carbonyl (C=O) groups excluding carboxylic acids is 2. The van der Waals surface area contributed by atoms with Crippen LogP contribution in [0.3, 0.4) is 0 Å². The Morgan fingerprint density at radius 2 is 2.00 bits per heavy atom. The van der Waals surface area contributed by atoms with E-state index in [1.165, 1.54) is 12.8 Å². The minimum Gasteiger partial charge on any atom is -0.342 e. The van der Waals surface area contributed by atoms with Crippen molar-refractivity contribution in [1.29, 1.82) is 0 Å². The molecule has 0 radical (unpaired) electrons. The van der Waals surface area contributed by atoms with Crippen molar-refractivity contribution in [2.75, 3.05) is 6.54 Å². The van der Waals surface area contributed by atoms with Crippen LogP contribution >= 0.6 is 0 Å². The average molecular weight is 252 g/mol. The largest absolute Gasteiger partial charge is 0.342 e. The maximum absolute atomic E-state index is 12.5. The molecule has 2 amide bonds. The third-order valence-electron chi connectivity index (χ3n) is 3.91. The Balaban J connectivity index is 2.14. The number of piperazine rings is 1. The predicted molar refractivity (Wildman–Crippen MR) is 69.9 cm³/mol. The molecule has 0 aromatic rings. The quantitative estimate of drug-likeness (QED) is 0.807. The summed E-state index contributed by atoms with van der Waals surface area (Å²) in [6.07, 6.45) is 4.11. The van der Waals surface area contributed by atoms with Crippen LogP contribution in [0, 0.1) is 11.8 Å². The molecular weight excluding hydrogens is 228 g/mol. The number of hydrogen-bond donors (Lipinski definition) is 1. The van der Waals surface area contributed by atoms with E-state index in [1.54, 1.807) is 0 Å². The van der Waals surface area contributed by atoms with Crippen LogP contribution in [0.15, 0.2) is 0 Å². The smallest absolute Gasteiger partial charge is 0.246 e. The van der Waals surface area contributed by atoms with Crippen molar-refractivity contribution < 1.29 is 9.59 Å². The van der Waals surface area contributed by atoms with Gasteiger partial charge in [0.1, 0.15) is 12.1 Å². The molecule has 102 valence electrons. The lowest BCUT2D eigenvalue weighted by atomic mass is 9.96. The van der Waals surface area contributed by atoms with Crippen molar-refractivity contribution in [3.8, 4) is 0 Å². The fourth-order valence-electron chi connectivity index (χ4n) is 2.59. The summed E-state index contributed by atoms with van der Waals surface area (Å²) in [5, 5.41) is 2.89. The lowest BCUT2D eigenvalue weighted by Crippen LogP contribution is -2.64. The van der Waals surface area contributed by atoms with Gasteiger partial charge < -0.3 is 10.2 Å². The number of rotatable bonds is 5. The van der Waals surface area contributed by atoms with E-state index in [0.717, 1.165) is 19.4 Å². The summed E-state index contributed by atoms with van der Waals surface area (Å²) in [6, 6.07) is -0.567. The van der Waals surface area contributed by atoms with Crippen LogP contribution in [-0.4, -0.2) is 35.3 Å². The third kappa shape index (κ3) is 2.68. The molecule has 4 heteroatoms. The highest BCUT2D eigenvalue weighted by molar-refractivity contribution is 5.97. The lowest BCUT2D eigenvalue weighted by Gasteiger charge is -2.40. The molecule has 18 heavy (non-hydrogen) atoms. The van der Waals surface area contributed by atoms with E-state index >= 15 is 0 Å². The van der Waals surface area contributed by atoms with Crippen molar-refractivity contribution in [3.05, 3.63) is 0 Å². The summed E-state index contributed by atoms with van der Waals surface area (Å²) in [5.74, 6) is 0.948. The van der Waals surface area contributed by atoms with Crippen LogP contribution in [0.4, 0.5) is 0 Å². The van der Waals surface area contributed by atoms with Gasteiger partial charge in [-0.2, -0.15) is 0 Å². The molecule has 2 rings (SSSR count). The topological polar surface area (TPSA) is 49.4 Å². The van der Waals surface area contributed by atoms with E-state index in [9.17, 15) is 9.59 Å². The highest BCUT2D eigenvalue weighted by Gasteiger charge is 2.42. The zero-order valence-electron chi connectivity index (χ0n) is 11.6. The second-order valence-electron chi connectivity index (χ2n) is 5.97. The Bertz CT molecular complexity index is 337. The van der Waals surface area contributed by atoms with Gasteiger partial charge in [-0.05, 0) is 31.1 Å². The molecule has 0 spiro atoms. The molecule has 1 saturated carbocycles. The fraction of sp³-hybridized carbons (Fsp3) is 0.857. The normalized spacial score (nSPS) is 28.8. The van der Waals surface area contributed by atoms with Crippen molar-refractivity contribution in [3.63, 3.8) is 0 Å². The van der Waals surface area contributed by atoms with E-state index in [4.69, 9.17) is 0 Å². The van der Waals surface area contributed by atoms with E-state index in [0.29, 0.717) is 5.92 Å². The number of amides is 2. The fourth-order valence-corrected chi connectivity index (χ4v) is 2.59. The van der Waals surface area contributed by atoms with Crippen LogP contribution in [0.1, 0.15) is 46.5 Å². The minimum absolute atomic E-state index is 0.0378. The molecular formula is C14H24N2O2. The summed E-state index contributed by atoms with van der Waals surface area (Å²) < 4.78 is 0. The van der Waals surface area contributed by atoms with Gasteiger partial charge in [0.05, 0.1) is 0 Å². The number of nitrogens with one attached hydrogen (secondary N) is 1. The number of carbonyl (C=O) groups is 2. The first kappa shape index (κ1) is 13.4. The summed E-state index contributed by atoms with van der Waals surface area (Å²) in [7, 11) is 0. The number of nitrogens with zero attached hydrogens (tertiary/aromatic N) is 1. The molecule has 2 unspecified atom stereocenters. The Hall–Kier alpha value is -1.06. The molecule has 1 N–H and O–H groups in total. The van der Waals surface area contributed by atoms with Crippen LogP contribution in [0.25, 0.3) is 0 Å². The Morgan fingerprint density at radius 3 is 2.50 bits per heavy atom. The molecule has 1 aliphatic carbocycles. The molecule has 2 aliphatic rings. The first-order valence-corrected chi connectivity index (χ1v) is 7.15. The molecule has 2 atom stereocenters. The van der Waals surface area contributed by atoms with Crippen molar-refractivity contribution in [2.24, 2.45) is 11.8 Å². The highest BCUT2D eigenvalue weighted by Crippen LogP contribution is 2.32. The number of hydrogen-bond acceptors (Lipinski definition) is 2. The lowest BCUT2D eigenvalue weighted by molar-refractivity contribution is -0.151. The van der Waals surface area contributed by atoms with E-state index in [-0.39, 0.29) is 29.8 Å². The second kappa shape index (κ2) is 5.29. The summed E-state index contributed by atoms with van der Waals surface area (Å²) in [4.78, 5) is 26.5. The van der Waals surface area contributed by atoms with Crippen LogP contribution < -0.4 is 5.32 Å². The van der Waals surface area contributed by atoms with Crippen LogP contribution in [0.2, 0.25) is 0 Å². The van der Waals surface area contributed by atoms with E-state index < -0.39 is 0 Å². The van der Waals surface area contributed by atoms with Crippen molar-refractivity contribution in [2.45, 2.75) is 58.5 Å². The Morgan fingerprint density at radius 1 is 1.33 bits per heavy atom. The monoisotopic (exact) mass is 252 g/mol. The van der Waals surface area contributed by atoms with Gasteiger partial charge in [0.2, 0.25) is 11.8 Å². The molecule has 1 saturated heterocycles. The van der Waals surface area contributed by atoms with Crippen molar-refractivity contribution in [1.82, 2.24) is 10.2 Å². The molecule has 1 heterocycles. The second-order valence-corrected chi connectivity index (χ2v) is 5.97. The van der Waals surface area contributed by atoms with Gasteiger partial charge in [-0.15, -0.1) is 0 Å². The Kier molecular flexibility index (Phi) is 3.93. The maximum atomic E-state index is 12.5. The van der Waals surface area contributed by atoms with Gasteiger partial charge in [0, 0.05) is 6.54 Å². The van der Waals surface area contributed by atoms with Gasteiger partial charge in [0.15, 0.2) is 0 Å². The minimum atomic E-state index is -0.329. The summed E-state index contributed by atoms with van der Waals surface area (Å²) in [6.45, 7) is 6.80. The maximum Gasteiger partial charge on any atom is 0.246 e. The SMILES string of the molecule is CCCC1C(=O)NC(C(C)C)C(=O)N1CC1CC1. The molecule has 0 aromatic heterocycles. The van der Waals surface area contributed by atoms with Crippen molar-refractivity contribution >= 4 is 11.8 Å². The van der Waals surface area contributed by atoms with Gasteiger partial charge in [-0.3, -0.25) is 9.59 Å². The standard InChI is InChI=1S/C14H24N2O2/c1-4-5-11-13(17)15-12(9(2)3)14(18)16(11)8-10-6-7-10/h9-12H,4-8H2,1-3H3,(H,15,17). The first-order chi connectivity index (χ1) is 8.54. The van der Waals surface area contributed by atoms with Gasteiger partial charge >= 0.3 is 0 Å². The molecule has 2 fully saturated rings. The van der Waals surface area contributed by atoms with Gasteiger partial charge in [-0.1, -0.05) is 27.2 Å². The molecule has 0 aromatic carbocycles. The molecule has 1 aliphatic heterocycles. The Labute approximate surface area is 109 Å². The zero-order chi connectivity index (χ0) is 13.3. The molecule has 4 nitrogen and oxygen atoms in total. The van der Waals surface area contributed by atoms with Crippen LogP contribution in [-0.2, 0) is 9.59 Å². The van der Waals surface area contributed by atoms with Gasteiger partial charge in [0.25, 0.3) is 0 Å². The van der Waals surface area contributed by atoms with Crippen LogP contribution in [0.5, 0.6) is 0 Å². The van der Waals surface area contributed by atoms with E-state index in [1.807, 2.05) is 18.7 Å². The van der Waals surface area contributed by atoms with Gasteiger partial charge in [-0.25, -0.2) is 0 Å². The summed E-state index contributed by atoms with van der Waals surface area (Å²) in [5.41, 5.74) is 0. The average Bonchev–Trinajstić information content (AvgIpc) is 3.11. The zero-order valence-corrected chi connectivity index (χ0v) is 11.6.